The minimum Gasteiger partial charge on any atom is -0.297 e. The van der Waals surface area contributed by atoms with E-state index in [-0.39, 0.29) is 5.91 Å². The second-order valence-electron chi connectivity index (χ2n) is 5.87. The fourth-order valence-electron chi connectivity index (χ4n) is 2.74. The van der Waals surface area contributed by atoms with E-state index in [1.54, 1.807) is 12.3 Å². The molecular weight excluding hydrogens is 252 g/mol. The number of nitrogens with one attached hydrogen (secondary N) is 1. The van der Waals surface area contributed by atoms with Gasteiger partial charge in [-0.3, -0.25) is 20.1 Å². The minimum atomic E-state index is -0.304. The molecule has 0 saturated carbocycles. The summed E-state index contributed by atoms with van der Waals surface area (Å²) in [4.78, 5) is 18.1. The van der Waals surface area contributed by atoms with Crippen LogP contribution in [-0.2, 0) is 6.54 Å². The number of carbonyl (C=O) groups excluding carboxylic acids is 1. The van der Waals surface area contributed by atoms with Gasteiger partial charge in [0, 0.05) is 12.7 Å². The summed E-state index contributed by atoms with van der Waals surface area (Å²) in [6.45, 7) is 7.74. The Morgan fingerprint density at radius 2 is 2.15 bits per heavy atom. The molecule has 1 aromatic rings. The zero-order valence-corrected chi connectivity index (χ0v) is 12.3. The zero-order chi connectivity index (χ0) is 14.5. The molecule has 1 amide bonds. The van der Waals surface area contributed by atoms with Crippen LogP contribution in [0.1, 0.15) is 42.7 Å². The van der Waals surface area contributed by atoms with Crippen molar-refractivity contribution in [1.29, 1.82) is 0 Å². The normalized spacial score (nSPS) is 17.4. The van der Waals surface area contributed by atoms with E-state index in [0.717, 1.165) is 37.2 Å². The summed E-state index contributed by atoms with van der Waals surface area (Å²) in [5.74, 6) is 6.43. The lowest BCUT2D eigenvalue weighted by atomic mass is 9.87. The van der Waals surface area contributed by atoms with Crippen molar-refractivity contribution in [3.63, 3.8) is 0 Å². The van der Waals surface area contributed by atoms with Crippen LogP contribution in [0.25, 0.3) is 0 Å². The number of amides is 1. The Morgan fingerprint density at radius 1 is 1.45 bits per heavy atom. The predicted octanol–water partition coefficient (Wildman–Crippen LogP) is 1.55. The monoisotopic (exact) mass is 276 g/mol. The molecule has 2 heterocycles. The van der Waals surface area contributed by atoms with Crippen LogP contribution in [0.5, 0.6) is 0 Å². The van der Waals surface area contributed by atoms with Crippen molar-refractivity contribution in [3.8, 4) is 0 Å². The Hall–Kier alpha value is -1.46. The number of nitrogens with two attached hydrogens (primary N) is 1. The summed E-state index contributed by atoms with van der Waals surface area (Å²) in [6, 6.07) is 3.67. The molecule has 5 nitrogen and oxygen atoms in total. The highest BCUT2D eigenvalue weighted by molar-refractivity contribution is 5.93. The fourth-order valence-corrected chi connectivity index (χ4v) is 2.74. The molecule has 0 aliphatic carbocycles. The van der Waals surface area contributed by atoms with Crippen molar-refractivity contribution in [3.05, 3.63) is 29.6 Å². The van der Waals surface area contributed by atoms with Crippen LogP contribution in [0.15, 0.2) is 18.3 Å². The molecule has 0 spiro atoms. The largest absolute Gasteiger partial charge is 0.297 e. The van der Waals surface area contributed by atoms with E-state index in [1.807, 2.05) is 6.07 Å². The van der Waals surface area contributed by atoms with Crippen LogP contribution in [0.4, 0.5) is 0 Å². The van der Waals surface area contributed by atoms with E-state index in [9.17, 15) is 4.79 Å². The summed E-state index contributed by atoms with van der Waals surface area (Å²) in [5, 5.41) is 0. The number of hydrazine groups is 1. The standard InChI is InChI=1S/C15H24N4O/c1-11(2)12-5-7-19(8-6-12)10-14-4-3-13(9-17-14)15(20)18-16/h3-4,9,11-12H,5-8,10,16H2,1-2H3,(H,18,20). The maximum Gasteiger partial charge on any atom is 0.266 e. The number of likely N-dealkylation sites (tertiary alicyclic amines) is 1. The molecule has 5 heteroatoms. The lowest BCUT2D eigenvalue weighted by Gasteiger charge is -2.33. The highest BCUT2D eigenvalue weighted by Gasteiger charge is 2.21. The Morgan fingerprint density at radius 3 is 2.65 bits per heavy atom. The molecule has 0 unspecified atom stereocenters. The van der Waals surface area contributed by atoms with Gasteiger partial charge in [0.1, 0.15) is 0 Å². The molecule has 1 aliphatic rings. The molecule has 0 radical (unpaired) electrons. The van der Waals surface area contributed by atoms with Crippen LogP contribution in [-0.4, -0.2) is 28.9 Å². The fraction of sp³-hybridized carbons (Fsp3) is 0.600. The van der Waals surface area contributed by atoms with Gasteiger partial charge >= 0.3 is 0 Å². The van der Waals surface area contributed by atoms with Gasteiger partial charge in [0.15, 0.2) is 0 Å². The van der Waals surface area contributed by atoms with Crippen molar-refractivity contribution in [1.82, 2.24) is 15.3 Å². The van der Waals surface area contributed by atoms with Crippen molar-refractivity contribution >= 4 is 5.91 Å². The first-order valence-corrected chi connectivity index (χ1v) is 7.28. The minimum absolute atomic E-state index is 0.304. The van der Waals surface area contributed by atoms with Gasteiger partial charge in [-0.15, -0.1) is 0 Å². The third kappa shape index (κ3) is 3.77. The molecule has 1 saturated heterocycles. The van der Waals surface area contributed by atoms with E-state index < -0.39 is 0 Å². The van der Waals surface area contributed by atoms with E-state index >= 15 is 0 Å². The average Bonchev–Trinajstić information content (AvgIpc) is 2.48. The van der Waals surface area contributed by atoms with Gasteiger partial charge in [-0.2, -0.15) is 0 Å². The molecular formula is C15H24N4O. The SMILES string of the molecule is CC(C)C1CCN(Cc2ccc(C(=O)NN)cn2)CC1. The Balaban J connectivity index is 1.87. The van der Waals surface area contributed by atoms with Crippen molar-refractivity contribution in [2.45, 2.75) is 33.2 Å². The summed E-state index contributed by atoms with van der Waals surface area (Å²) in [6.07, 6.45) is 4.12. The Kier molecular flexibility index (Phi) is 5.09. The van der Waals surface area contributed by atoms with Crippen molar-refractivity contribution in [2.75, 3.05) is 13.1 Å². The third-order valence-electron chi connectivity index (χ3n) is 4.18. The van der Waals surface area contributed by atoms with Crippen LogP contribution >= 0.6 is 0 Å². The summed E-state index contributed by atoms with van der Waals surface area (Å²) < 4.78 is 0. The topological polar surface area (TPSA) is 71.2 Å². The maximum atomic E-state index is 11.3. The predicted molar refractivity (Wildman–Crippen MR) is 78.7 cm³/mol. The van der Waals surface area contributed by atoms with Crippen molar-refractivity contribution in [2.24, 2.45) is 17.7 Å². The summed E-state index contributed by atoms with van der Waals surface area (Å²) in [5.41, 5.74) is 3.60. The van der Waals surface area contributed by atoms with Gasteiger partial charge in [-0.05, 0) is 49.9 Å². The van der Waals surface area contributed by atoms with E-state index in [1.165, 1.54) is 12.8 Å². The Labute approximate surface area is 120 Å². The van der Waals surface area contributed by atoms with E-state index in [0.29, 0.717) is 5.56 Å². The zero-order valence-electron chi connectivity index (χ0n) is 12.3. The number of aromatic nitrogens is 1. The van der Waals surface area contributed by atoms with Gasteiger partial charge < -0.3 is 0 Å². The van der Waals surface area contributed by atoms with Gasteiger partial charge in [0.2, 0.25) is 0 Å². The molecule has 3 N–H and O–H groups in total. The molecule has 0 bridgehead atoms. The lowest BCUT2D eigenvalue weighted by molar-refractivity contribution is 0.0953. The van der Waals surface area contributed by atoms with Gasteiger partial charge in [0.25, 0.3) is 5.91 Å². The first-order chi connectivity index (χ1) is 9.60. The smallest absolute Gasteiger partial charge is 0.266 e. The third-order valence-corrected chi connectivity index (χ3v) is 4.18. The van der Waals surface area contributed by atoms with Crippen LogP contribution < -0.4 is 11.3 Å². The number of nitrogens with zero attached hydrogens (tertiary/aromatic N) is 2. The number of pyridine rings is 1. The summed E-state index contributed by atoms with van der Waals surface area (Å²) in [7, 11) is 0. The summed E-state index contributed by atoms with van der Waals surface area (Å²) >= 11 is 0. The average molecular weight is 276 g/mol. The van der Waals surface area contributed by atoms with Crippen LogP contribution in [0.3, 0.4) is 0 Å². The second kappa shape index (κ2) is 6.81. The number of nitrogen functional groups attached to an aromatic ring is 1. The van der Waals surface area contributed by atoms with Gasteiger partial charge in [-0.1, -0.05) is 13.8 Å². The maximum absolute atomic E-state index is 11.3. The van der Waals surface area contributed by atoms with Gasteiger partial charge in [-0.25, -0.2) is 5.84 Å². The second-order valence-corrected chi connectivity index (χ2v) is 5.87. The Bertz CT molecular complexity index is 436. The molecule has 1 aromatic heterocycles. The lowest BCUT2D eigenvalue weighted by Crippen LogP contribution is -2.35. The molecule has 20 heavy (non-hydrogen) atoms. The van der Waals surface area contributed by atoms with E-state index in [2.05, 4.69) is 29.2 Å². The number of piperidine rings is 1. The van der Waals surface area contributed by atoms with Gasteiger partial charge in [0.05, 0.1) is 11.3 Å². The molecule has 110 valence electrons. The van der Waals surface area contributed by atoms with E-state index in [4.69, 9.17) is 5.84 Å². The molecule has 0 aromatic carbocycles. The highest BCUT2D eigenvalue weighted by Crippen LogP contribution is 2.25. The van der Waals surface area contributed by atoms with Crippen LogP contribution in [0.2, 0.25) is 0 Å². The highest BCUT2D eigenvalue weighted by atomic mass is 16.2. The van der Waals surface area contributed by atoms with Crippen molar-refractivity contribution < 1.29 is 4.79 Å². The number of hydrogen-bond acceptors (Lipinski definition) is 4. The molecule has 0 atom stereocenters. The number of carbonyl (C=O) groups is 1. The number of hydrogen-bond donors (Lipinski definition) is 2. The quantitative estimate of drug-likeness (QED) is 0.497. The number of rotatable bonds is 4. The molecule has 1 aliphatic heterocycles. The first kappa shape index (κ1) is 14.9. The van der Waals surface area contributed by atoms with Crippen LogP contribution in [0, 0.1) is 11.8 Å². The molecule has 1 fully saturated rings. The first-order valence-electron chi connectivity index (χ1n) is 7.28. The molecule has 2 rings (SSSR count).